The van der Waals surface area contributed by atoms with Crippen LogP contribution in [0.3, 0.4) is 0 Å². The van der Waals surface area contributed by atoms with Gasteiger partial charge < -0.3 is 18.3 Å². The molecule has 0 saturated heterocycles. The summed E-state index contributed by atoms with van der Waals surface area (Å²) in [6.07, 6.45) is 0. The third-order valence-corrected chi connectivity index (χ3v) is 19.8. The molecular formula is C88H54N6. The van der Waals surface area contributed by atoms with Gasteiger partial charge in [-0.2, -0.15) is 0 Å². The molecule has 5 heterocycles. The number of rotatable bonds is 8. The predicted molar refractivity (Wildman–Crippen MR) is 394 cm³/mol. The SMILES string of the molecule is c1ccc(-n2c3ccccc3c3cc(-c4ccc5c6ccccc6n(-c6ccc(-c7nc(-c8ccc(-n9c%10ccccc%10c%10ccc(-c%11ccc%12c(c%11)c%11ccccc%11n%12-c%11ccccc%11)cc%109)c9ccccc89)nc8c7ccc7ccccc78)cc6)c5c4)ccc32)cc1. The molecule has 0 bridgehead atoms. The van der Waals surface area contributed by atoms with Crippen molar-refractivity contribution in [1.29, 1.82) is 0 Å². The van der Waals surface area contributed by atoms with Crippen molar-refractivity contribution in [3.63, 3.8) is 0 Å². The summed E-state index contributed by atoms with van der Waals surface area (Å²) in [5.74, 6) is 0.678. The van der Waals surface area contributed by atoms with Gasteiger partial charge >= 0.3 is 0 Å². The standard InChI is InChI=1S/C88H54N6/c1-3-20-61(21-4-1)91-78-32-16-13-29-69(78)75-51-57(40-48-82(75)91)59-38-44-71-67-27-11-15-31-77(67)93(84(71)53-59)63-42-35-56(36-43-63)86-74-46-37-55-19-7-8-24-64(55)87(74)90-88(89-86)73-47-50-81(66-26-10-9-25-65(66)73)94-80-34-18-12-28-68(80)72-45-39-60(54-85(72)94)58-41-49-83-76(52-58)70-30-14-17-33-79(70)92(83)62-22-5-2-6-23-62/h1-54H. The quantitative estimate of drug-likeness (QED) is 0.142. The molecule has 0 fully saturated rings. The van der Waals surface area contributed by atoms with Crippen LogP contribution in [0.25, 0.3) is 187 Å². The van der Waals surface area contributed by atoms with Crippen molar-refractivity contribution in [1.82, 2.24) is 28.2 Å². The van der Waals surface area contributed by atoms with Crippen LogP contribution < -0.4 is 0 Å². The average Bonchev–Trinajstić information content (AvgIpc) is 1.42. The second-order valence-corrected chi connectivity index (χ2v) is 24.8. The summed E-state index contributed by atoms with van der Waals surface area (Å²) >= 11 is 0. The summed E-state index contributed by atoms with van der Waals surface area (Å²) in [5, 5.41) is 15.2. The molecule has 0 spiro atoms. The monoisotopic (exact) mass is 1190 g/mol. The number of aromatic nitrogens is 6. The molecule has 15 aromatic carbocycles. The van der Waals surface area contributed by atoms with Crippen LogP contribution in [0.1, 0.15) is 0 Å². The molecule has 0 radical (unpaired) electrons. The highest BCUT2D eigenvalue weighted by molar-refractivity contribution is 6.17. The van der Waals surface area contributed by atoms with Crippen molar-refractivity contribution in [2.24, 2.45) is 0 Å². The minimum atomic E-state index is 0.678. The summed E-state index contributed by atoms with van der Waals surface area (Å²) in [6, 6.07) is 120. The summed E-state index contributed by atoms with van der Waals surface area (Å²) < 4.78 is 9.64. The first-order chi connectivity index (χ1) is 46.6. The van der Waals surface area contributed by atoms with E-state index in [9.17, 15) is 0 Å². The second kappa shape index (κ2) is 20.4. The Balaban J connectivity index is 0.715. The molecule has 0 unspecified atom stereocenters. The van der Waals surface area contributed by atoms with Crippen molar-refractivity contribution in [3.05, 3.63) is 328 Å². The molecule has 0 saturated carbocycles. The van der Waals surface area contributed by atoms with Gasteiger partial charge in [0.1, 0.15) is 0 Å². The lowest BCUT2D eigenvalue weighted by Gasteiger charge is -2.16. The minimum Gasteiger partial charge on any atom is -0.309 e. The molecule has 94 heavy (non-hydrogen) atoms. The van der Waals surface area contributed by atoms with Crippen LogP contribution in [-0.4, -0.2) is 28.2 Å². The molecule has 6 nitrogen and oxygen atoms in total. The highest BCUT2D eigenvalue weighted by Crippen LogP contribution is 2.44. The lowest BCUT2D eigenvalue weighted by molar-refractivity contribution is 1.18. The topological polar surface area (TPSA) is 45.5 Å². The molecule has 5 aromatic heterocycles. The fourth-order valence-electron chi connectivity index (χ4n) is 15.5. The van der Waals surface area contributed by atoms with E-state index in [-0.39, 0.29) is 0 Å². The van der Waals surface area contributed by atoms with E-state index in [0.717, 1.165) is 105 Å². The molecule has 20 rings (SSSR count). The average molecular weight is 1200 g/mol. The molecule has 0 N–H and O–H groups in total. The normalized spacial score (nSPS) is 12.0. The van der Waals surface area contributed by atoms with Gasteiger partial charge in [0.2, 0.25) is 0 Å². The van der Waals surface area contributed by atoms with Gasteiger partial charge in [-0.25, -0.2) is 9.97 Å². The van der Waals surface area contributed by atoms with Crippen LogP contribution in [0.15, 0.2) is 328 Å². The maximum absolute atomic E-state index is 5.66. The summed E-state index contributed by atoms with van der Waals surface area (Å²) in [6.45, 7) is 0. The zero-order chi connectivity index (χ0) is 61.5. The highest BCUT2D eigenvalue weighted by atomic mass is 15.0. The Morgan fingerprint density at radius 1 is 0.202 bits per heavy atom. The van der Waals surface area contributed by atoms with Gasteiger partial charge in [0, 0.05) is 87.4 Å². The minimum absolute atomic E-state index is 0.678. The molecule has 436 valence electrons. The zero-order valence-corrected chi connectivity index (χ0v) is 50.9. The third kappa shape index (κ3) is 7.84. The summed E-state index contributed by atoms with van der Waals surface area (Å²) in [7, 11) is 0. The third-order valence-electron chi connectivity index (χ3n) is 19.8. The van der Waals surface area contributed by atoms with Gasteiger partial charge in [0.05, 0.1) is 61.0 Å². The summed E-state index contributed by atoms with van der Waals surface area (Å²) in [5.41, 5.74) is 22.3. The number of hydrogen-bond acceptors (Lipinski definition) is 2. The van der Waals surface area contributed by atoms with Gasteiger partial charge in [-0.1, -0.05) is 212 Å². The van der Waals surface area contributed by atoms with E-state index in [0.29, 0.717) is 5.82 Å². The maximum atomic E-state index is 5.66. The number of hydrogen-bond donors (Lipinski definition) is 0. The van der Waals surface area contributed by atoms with Crippen LogP contribution in [0.4, 0.5) is 0 Å². The van der Waals surface area contributed by atoms with Crippen molar-refractivity contribution >= 4 is 120 Å². The number of para-hydroxylation sites is 6. The lowest BCUT2D eigenvalue weighted by Crippen LogP contribution is -2.00. The van der Waals surface area contributed by atoms with Crippen LogP contribution in [0, 0.1) is 0 Å². The molecule has 6 heteroatoms. The fraction of sp³-hybridized carbons (Fsp3) is 0. The number of benzene rings is 15. The Bertz CT molecular complexity index is 6520. The van der Waals surface area contributed by atoms with Crippen LogP contribution in [-0.2, 0) is 0 Å². The first-order valence-electron chi connectivity index (χ1n) is 32.2. The lowest BCUT2D eigenvalue weighted by atomic mass is 9.99. The van der Waals surface area contributed by atoms with Gasteiger partial charge in [-0.15, -0.1) is 0 Å². The second-order valence-electron chi connectivity index (χ2n) is 24.8. The smallest absolute Gasteiger partial charge is 0.161 e. The van der Waals surface area contributed by atoms with E-state index in [1.165, 1.54) is 76.3 Å². The molecular weight excluding hydrogens is 1140 g/mol. The first kappa shape index (κ1) is 52.2. The van der Waals surface area contributed by atoms with Crippen molar-refractivity contribution < 1.29 is 0 Å². The van der Waals surface area contributed by atoms with Crippen molar-refractivity contribution in [2.75, 3.05) is 0 Å². The van der Waals surface area contributed by atoms with Crippen LogP contribution in [0.5, 0.6) is 0 Å². The molecule has 0 aliphatic rings. The largest absolute Gasteiger partial charge is 0.309 e. The number of fused-ring (bicyclic) bond motifs is 16. The fourth-order valence-corrected chi connectivity index (χ4v) is 15.5. The van der Waals surface area contributed by atoms with Gasteiger partial charge in [-0.05, 0) is 148 Å². The van der Waals surface area contributed by atoms with E-state index in [4.69, 9.17) is 9.97 Å². The van der Waals surface area contributed by atoms with Crippen molar-refractivity contribution in [2.45, 2.75) is 0 Å². The first-order valence-corrected chi connectivity index (χ1v) is 32.2. The van der Waals surface area contributed by atoms with Gasteiger partial charge in [0.25, 0.3) is 0 Å². The zero-order valence-electron chi connectivity index (χ0n) is 50.9. The maximum Gasteiger partial charge on any atom is 0.161 e. The Morgan fingerprint density at radius 2 is 0.585 bits per heavy atom. The molecule has 0 aliphatic carbocycles. The Kier molecular flexibility index (Phi) is 11.3. The highest BCUT2D eigenvalue weighted by Gasteiger charge is 2.23. The van der Waals surface area contributed by atoms with Crippen molar-refractivity contribution in [3.8, 4) is 67.6 Å². The Morgan fingerprint density at radius 3 is 1.15 bits per heavy atom. The van der Waals surface area contributed by atoms with E-state index >= 15 is 0 Å². The molecule has 0 aliphatic heterocycles. The van der Waals surface area contributed by atoms with Gasteiger partial charge in [-0.3, -0.25) is 0 Å². The molecule has 0 atom stereocenters. The predicted octanol–water partition coefficient (Wildman–Crippen LogP) is 23.0. The van der Waals surface area contributed by atoms with E-state index in [2.05, 4.69) is 346 Å². The van der Waals surface area contributed by atoms with E-state index in [1.54, 1.807) is 0 Å². The van der Waals surface area contributed by atoms with Gasteiger partial charge in [0.15, 0.2) is 5.82 Å². The van der Waals surface area contributed by atoms with Crippen LogP contribution in [0.2, 0.25) is 0 Å². The molecule has 0 amide bonds. The number of nitrogens with zero attached hydrogens (tertiary/aromatic N) is 6. The Labute approximate surface area is 540 Å². The van der Waals surface area contributed by atoms with Crippen LogP contribution >= 0.6 is 0 Å². The van der Waals surface area contributed by atoms with E-state index in [1.807, 2.05) is 0 Å². The molecule has 20 aromatic rings. The Hall–Kier alpha value is -12.6. The summed E-state index contributed by atoms with van der Waals surface area (Å²) in [4.78, 5) is 11.3. The van der Waals surface area contributed by atoms with E-state index < -0.39 is 0 Å².